The first-order chi connectivity index (χ1) is 11.9. The van der Waals surface area contributed by atoms with E-state index in [0.717, 1.165) is 22.7 Å². The Morgan fingerprint density at radius 3 is 2.52 bits per heavy atom. The van der Waals surface area contributed by atoms with Gasteiger partial charge in [0, 0.05) is 6.07 Å². The lowest BCUT2D eigenvalue weighted by Crippen LogP contribution is -2.27. The van der Waals surface area contributed by atoms with Gasteiger partial charge in [0.25, 0.3) is 11.1 Å². The van der Waals surface area contributed by atoms with Gasteiger partial charge in [-0.25, -0.2) is 4.90 Å². The second-order valence-electron chi connectivity index (χ2n) is 4.98. The fraction of sp³-hybridized carbons (Fsp3) is 0. The van der Waals surface area contributed by atoms with E-state index in [2.05, 4.69) is 15.9 Å². The first-order valence-electron chi connectivity index (χ1n) is 6.88. The number of rotatable bonds is 3. The molecule has 9 heteroatoms. The topological polar surface area (TPSA) is 101 Å². The number of carbonyl (C=O) groups is 2. The minimum Gasteiger partial charge on any atom is -0.501 e. The normalized spacial score (nSPS) is 15.9. The Morgan fingerprint density at radius 1 is 1.20 bits per heavy atom. The van der Waals surface area contributed by atoms with Crippen LogP contribution < -0.4 is 4.90 Å². The Bertz CT molecular complexity index is 930. The summed E-state index contributed by atoms with van der Waals surface area (Å²) < 4.78 is 0.121. The van der Waals surface area contributed by atoms with E-state index in [-0.39, 0.29) is 9.38 Å². The molecule has 0 saturated carbocycles. The predicted octanol–water partition coefficient (Wildman–Crippen LogP) is 4.30. The number of phenols is 1. The number of hydrogen-bond donors (Lipinski definition) is 1. The van der Waals surface area contributed by atoms with Crippen molar-refractivity contribution in [2.24, 2.45) is 0 Å². The fourth-order valence-corrected chi connectivity index (χ4v) is 3.55. The van der Waals surface area contributed by atoms with Crippen LogP contribution in [0.4, 0.5) is 16.2 Å². The van der Waals surface area contributed by atoms with Crippen LogP contribution in [0, 0.1) is 10.1 Å². The first kappa shape index (κ1) is 17.2. The lowest BCUT2D eigenvalue weighted by Gasteiger charge is -2.11. The fourth-order valence-electron chi connectivity index (χ4n) is 2.25. The minimum atomic E-state index is -0.729. The van der Waals surface area contributed by atoms with E-state index in [1.807, 2.05) is 0 Å². The third kappa shape index (κ3) is 3.28. The molecular weight excluding hydrogens is 412 g/mol. The average molecular weight is 421 g/mol. The van der Waals surface area contributed by atoms with Gasteiger partial charge in [-0.3, -0.25) is 19.7 Å². The Hall–Kier alpha value is -2.65. The minimum absolute atomic E-state index is 0.121. The van der Waals surface area contributed by atoms with Crippen LogP contribution in [-0.2, 0) is 4.79 Å². The zero-order chi connectivity index (χ0) is 18.1. The number of anilines is 1. The van der Waals surface area contributed by atoms with Crippen molar-refractivity contribution in [1.82, 2.24) is 0 Å². The summed E-state index contributed by atoms with van der Waals surface area (Å²) in [5, 5.41) is 20.2. The Kier molecular flexibility index (Phi) is 4.60. The third-order valence-corrected chi connectivity index (χ3v) is 4.84. The maximum absolute atomic E-state index is 12.5. The van der Waals surface area contributed by atoms with Gasteiger partial charge in [-0.15, -0.1) is 0 Å². The van der Waals surface area contributed by atoms with Crippen molar-refractivity contribution in [3.8, 4) is 5.75 Å². The quantitative estimate of drug-likeness (QED) is 0.451. The highest BCUT2D eigenvalue weighted by Gasteiger charge is 2.36. The molecule has 2 aromatic rings. The van der Waals surface area contributed by atoms with E-state index < -0.39 is 27.5 Å². The summed E-state index contributed by atoms with van der Waals surface area (Å²) in [6, 6.07) is 11.0. The van der Waals surface area contributed by atoms with Crippen molar-refractivity contribution in [3.63, 3.8) is 0 Å². The monoisotopic (exact) mass is 420 g/mol. The Morgan fingerprint density at radius 2 is 1.88 bits per heavy atom. The molecule has 1 fully saturated rings. The van der Waals surface area contributed by atoms with E-state index >= 15 is 0 Å². The van der Waals surface area contributed by atoms with Crippen molar-refractivity contribution in [1.29, 1.82) is 0 Å². The third-order valence-electron chi connectivity index (χ3n) is 3.37. The molecule has 1 heterocycles. The number of nitro groups is 1. The van der Waals surface area contributed by atoms with Gasteiger partial charge in [0.2, 0.25) is 5.75 Å². The van der Waals surface area contributed by atoms with Crippen LogP contribution in [0.5, 0.6) is 5.75 Å². The number of nitrogens with zero attached hydrogens (tertiary/aromatic N) is 2. The van der Waals surface area contributed by atoms with Gasteiger partial charge in [0.05, 0.1) is 20.0 Å². The van der Waals surface area contributed by atoms with E-state index in [1.165, 1.54) is 12.1 Å². The predicted molar refractivity (Wildman–Crippen MR) is 97.4 cm³/mol. The van der Waals surface area contributed by atoms with E-state index in [4.69, 9.17) is 0 Å². The highest BCUT2D eigenvalue weighted by atomic mass is 79.9. The van der Waals surface area contributed by atoms with Crippen LogP contribution in [0.3, 0.4) is 0 Å². The molecule has 1 aliphatic heterocycles. The van der Waals surface area contributed by atoms with Crippen LogP contribution in [0.1, 0.15) is 5.56 Å². The molecule has 0 radical (unpaired) electrons. The van der Waals surface area contributed by atoms with Gasteiger partial charge in [0.15, 0.2) is 0 Å². The lowest BCUT2D eigenvalue weighted by atomic mass is 10.1. The maximum atomic E-state index is 12.5. The molecule has 2 amide bonds. The van der Waals surface area contributed by atoms with Crippen LogP contribution in [0.2, 0.25) is 0 Å². The van der Waals surface area contributed by atoms with Gasteiger partial charge in [-0.05, 0) is 57.5 Å². The van der Waals surface area contributed by atoms with Crippen molar-refractivity contribution >= 4 is 56.3 Å². The van der Waals surface area contributed by atoms with E-state index in [1.54, 1.807) is 30.3 Å². The molecule has 7 nitrogen and oxygen atoms in total. The number of para-hydroxylation sites is 1. The molecule has 0 aliphatic carbocycles. The summed E-state index contributed by atoms with van der Waals surface area (Å²) >= 11 is 3.78. The van der Waals surface area contributed by atoms with Crippen molar-refractivity contribution < 1.29 is 19.6 Å². The molecule has 0 bridgehead atoms. The summed E-state index contributed by atoms with van der Waals surface area (Å²) in [5.74, 6) is -1.01. The van der Waals surface area contributed by atoms with Gasteiger partial charge >= 0.3 is 5.69 Å². The molecule has 0 spiro atoms. The number of benzene rings is 2. The standard InChI is InChI=1S/C16H9BrN2O5S/c17-11-6-9(7-12(14(11)20)19(23)24)8-13-15(21)18(16(22)25-13)10-4-2-1-3-5-10/h1-8,20H/b13-8-. The highest BCUT2D eigenvalue weighted by Crippen LogP contribution is 2.39. The van der Waals surface area contributed by atoms with Gasteiger partial charge in [-0.1, -0.05) is 18.2 Å². The molecular formula is C16H9BrN2O5S. The van der Waals surface area contributed by atoms with Gasteiger partial charge < -0.3 is 5.11 Å². The van der Waals surface area contributed by atoms with Gasteiger partial charge in [0.1, 0.15) is 0 Å². The average Bonchev–Trinajstić information content (AvgIpc) is 2.85. The van der Waals surface area contributed by atoms with Gasteiger partial charge in [-0.2, -0.15) is 0 Å². The summed E-state index contributed by atoms with van der Waals surface area (Å²) in [5.41, 5.74) is 0.268. The number of phenolic OH excluding ortho intramolecular Hbond substituents is 1. The number of halogens is 1. The SMILES string of the molecule is O=C1S/C(=C\c2cc(Br)c(O)c([N+](=O)[O-])c2)C(=O)N1c1ccccc1. The zero-order valence-corrected chi connectivity index (χ0v) is 14.8. The van der Waals surface area contributed by atoms with Crippen LogP contribution >= 0.6 is 27.7 Å². The molecule has 0 aromatic heterocycles. The Labute approximate surface area is 154 Å². The van der Waals surface area contributed by atoms with E-state index in [9.17, 15) is 24.8 Å². The number of carbonyl (C=O) groups excluding carboxylic acids is 2. The number of amides is 2. The number of aromatic hydroxyl groups is 1. The summed E-state index contributed by atoms with van der Waals surface area (Å²) in [6.07, 6.45) is 1.38. The summed E-state index contributed by atoms with van der Waals surface area (Å²) in [6.45, 7) is 0. The van der Waals surface area contributed by atoms with Crippen LogP contribution in [-0.4, -0.2) is 21.2 Å². The summed E-state index contributed by atoms with van der Waals surface area (Å²) in [7, 11) is 0. The number of imide groups is 1. The summed E-state index contributed by atoms with van der Waals surface area (Å²) in [4.78, 5) is 36.1. The molecule has 0 unspecified atom stereocenters. The zero-order valence-electron chi connectivity index (χ0n) is 12.4. The molecule has 126 valence electrons. The molecule has 25 heavy (non-hydrogen) atoms. The number of hydrogen-bond acceptors (Lipinski definition) is 6. The smallest absolute Gasteiger partial charge is 0.312 e. The molecule has 3 rings (SSSR count). The van der Waals surface area contributed by atoms with Crippen molar-refractivity contribution in [3.05, 3.63) is 67.5 Å². The second kappa shape index (κ2) is 6.69. The number of thioether (sulfide) groups is 1. The molecule has 1 N–H and O–H groups in total. The van der Waals surface area contributed by atoms with Crippen molar-refractivity contribution in [2.75, 3.05) is 4.90 Å². The lowest BCUT2D eigenvalue weighted by molar-refractivity contribution is -0.386. The first-order valence-corrected chi connectivity index (χ1v) is 8.49. The molecule has 1 saturated heterocycles. The molecule has 1 aliphatic rings. The second-order valence-corrected chi connectivity index (χ2v) is 6.83. The maximum Gasteiger partial charge on any atom is 0.312 e. The molecule has 0 atom stereocenters. The van der Waals surface area contributed by atoms with Crippen LogP contribution in [0.25, 0.3) is 6.08 Å². The Balaban J connectivity index is 1.99. The van der Waals surface area contributed by atoms with Crippen LogP contribution in [0.15, 0.2) is 51.8 Å². The largest absolute Gasteiger partial charge is 0.501 e. The number of nitro benzene ring substituents is 1. The highest BCUT2D eigenvalue weighted by molar-refractivity contribution is 9.10. The molecule has 2 aromatic carbocycles. The van der Waals surface area contributed by atoms with Crippen molar-refractivity contribution in [2.45, 2.75) is 0 Å². The van der Waals surface area contributed by atoms with E-state index in [0.29, 0.717) is 11.3 Å².